The number of phenolic OH excluding ortho intramolecular Hbond substituents is 1. The smallest absolute Gasteiger partial charge is 0.249 e. The highest BCUT2D eigenvalue weighted by Gasteiger charge is 2.52. The van der Waals surface area contributed by atoms with Gasteiger partial charge in [0.2, 0.25) is 5.91 Å². The van der Waals surface area contributed by atoms with Crippen LogP contribution >= 0.6 is 0 Å². The van der Waals surface area contributed by atoms with Crippen molar-refractivity contribution in [2.45, 2.75) is 65.7 Å². The summed E-state index contributed by atoms with van der Waals surface area (Å²) in [7, 11) is 0. The molecule has 1 saturated carbocycles. The molecule has 3 N–H and O–H groups in total. The van der Waals surface area contributed by atoms with E-state index in [9.17, 15) is 19.5 Å². The van der Waals surface area contributed by atoms with Crippen molar-refractivity contribution in [2.75, 3.05) is 19.6 Å². The van der Waals surface area contributed by atoms with Gasteiger partial charge in [-0.05, 0) is 113 Å². The lowest BCUT2D eigenvalue weighted by molar-refractivity contribution is -0.114. The highest BCUT2D eigenvalue weighted by atomic mass is 16.5. The van der Waals surface area contributed by atoms with Crippen LogP contribution in [0.4, 0.5) is 0 Å². The van der Waals surface area contributed by atoms with Crippen LogP contribution in [-0.2, 0) is 20.7 Å². The normalized spacial score (nSPS) is 27.1. The molecule has 5 aliphatic rings. The Morgan fingerprint density at radius 2 is 1.85 bits per heavy atom. The fourth-order valence-corrected chi connectivity index (χ4v) is 7.61. The molecule has 0 aromatic heterocycles. The van der Waals surface area contributed by atoms with Crippen molar-refractivity contribution in [3.63, 3.8) is 0 Å². The number of amides is 1. The summed E-state index contributed by atoms with van der Waals surface area (Å²) in [6, 6.07) is 3.36. The number of aromatic hydroxyl groups is 1. The first-order valence-corrected chi connectivity index (χ1v) is 14.9. The second kappa shape index (κ2) is 10.3. The van der Waals surface area contributed by atoms with Crippen molar-refractivity contribution in [2.24, 2.45) is 35.3 Å². The Morgan fingerprint density at radius 3 is 2.50 bits per heavy atom. The maximum Gasteiger partial charge on any atom is 0.249 e. The number of allylic oxidation sites excluding steroid dienone is 4. The number of benzene rings is 1. The lowest BCUT2D eigenvalue weighted by Gasteiger charge is -2.39. The van der Waals surface area contributed by atoms with Gasteiger partial charge in [-0.2, -0.15) is 0 Å². The molecule has 0 bridgehead atoms. The summed E-state index contributed by atoms with van der Waals surface area (Å²) in [5, 5.41) is 10.6. The van der Waals surface area contributed by atoms with E-state index in [2.05, 4.69) is 11.8 Å². The predicted molar refractivity (Wildman–Crippen MR) is 151 cm³/mol. The molecule has 7 nitrogen and oxygen atoms in total. The number of nitrogens with two attached hydrogens (primary N) is 1. The Balaban J connectivity index is 1.34. The number of primary amides is 1. The van der Waals surface area contributed by atoms with E-state index >= 15 is 0 Å². The maximum atomic E-state index is 13.6. The first-order chi connectivity index (χ1) is 19.2. The van der Waals surface area contributed by atoms with Crippen LogP contribution in [0.3, 0.4) is 0 Å². The Labute approximate surface area is 236 Å². The molecule has 3 aliphatic carbocycles. The van der Waals surface area contributed by atoms with Gasteiger partial charge in [0, 0.05) is 34.1 Å². The number of nitrogens with zero attached hydrogens (tertiary/aromatic N) is 1. The second-order valence-corrected chi connectivity index (χ2v) is 12.8. The minimum absolute atomic E-state index is 0.0567. The van der Waals surface area contributed by atoms with Gasteiger partial charge in [-0.3, -0.25) is 19.3 Å². The van der Waals surface area contributed by atoms with E-state index in [0.717, 1.165) is 80.4 Å². The molecular weight excluding hydrogens is 504 g/mol. The number of hydrogen-bond donors (Lipinski definition) is 2. The molecule has 3 atom stereocenters. The third kappa shape index (κ3) is 4.62. The summed E-state index contributed by atoms with van der Waals surface area (Å²) < 4.78 is 6.51. The van der Waals surface area contributed by atoms with Gasteiger partial charge in [-0.1, -0.05) is 12.5 Å². The Kier molecular flexibility index (Phi) is 6.97. The molecule has 212 valence electrons. The highest BCUT2D eigenvalue weighted by Crippen LogP contribution is 2.59. The number of rotatable bonds is 8. The summed E-state index contributed by atoms with van der Waals surface area (Å²) in [5.41, 5.74) is 11.1. The number of hydrogen-bond acceptors (Lipinski definition) is 6. The van der Waals surface area contributed by atoms with Gasteiger partial charge in [0.05, 0.1) is 6.54 Å². The zero-order chi connectivity index (χ0) is 28.3. The molecule has 6 rings (SSSR count). The van der Waals surface area contributed by atoms with E-state index in [4.69, 9.17) is 10.5 Å². The number of phenols is 1. The largest absolute Gasteiger partial charge is 0.508 e. The summed E-state index contributed by atoms with van der Waals surface area (Å²) in [4.78, 5) is 41.0. The summed E-state index contributed by atoms with van der Waals surface area (Å²) in [5.74, 6) is 2.17. The lowest BCUT2D eigenvalue weighted by Crippen LogP contribution is -2.37. The molecule has 1 saturated heterocycles. The zero-order valence-corrected chi connectivity index (χ0v) is 23.8. The molecule has 3 unspecified atom stereocenters. The number of piperidine rings is 1. The van der Waals surface area contributed by atoms with Crippen molar-refractivity contribution >= 4 is 18.0 Å². The fraction of sp³-hybridized carbons (Fsp3) is 0.545. The second-order valence-electron chi connectivity index (χ2n) is 12.8. The monoisotopic (exact) mass is 544 g/mol. The summed E-state index contributed by atoms with van der Waals surface area (Å²) in [6.45, 7) is 8.30. The average Bonchev–Trinajstić information content (AvgIpc) is 3.69. The molecule has 1 amide bonds. The summed E-state index contributed by atoms with van der Waals surface area (Å²) >= 11 is 0. The van der Waals surface area contributed by atoms with Crippen LogP contribution < -0.4 is 5.73 Å². The molecular formula is C33H40N2O5. The maximum absolute atomic E-state index is 13.6. The van der Waals surface area contributed by atoms with Crippen molar-refractivity contribution in [1.29, 1.82) is 0 Å². The zero-order valence-electron chi connectivity index (χ0n) is 23.8. The quantitative estimate of drug-likeness (QED) is 0.361. The minimum Gasteiger partial charge on any atom is -0.508 e. The van der Waals surface area contributed by atoms with Crippen molar-refractivity contribution in [3.8, 4) is 5.75 Å². The van der Waals surface area contributed by atoms with Gasteiger partial charge >= 0.3 is 0 Å². The average molecular weight is 545 g/mol. The van der Waals surface area contributed by atoms with E-state index in [1.807, 2.05) is 13.8 Å². The standard InChI is InChI=1S/C33H40N2O5/c1-17-8-10-35(11-9-17)15-27(38)23-6-7-26(37)19(3)24(23)14-21-13-22-12-18(2)28(33(34)39)30-29(22)32(25(21)16-36)40-31(30)20-4-5-20/h6-7,16-17,20-22,29,37H,4-5,8-15H2,1-3H3,(H2,34,39). The van der Waals surface area contributed by atoms with E-state index in [1.54, 1.807) is 12.1 Å². The number of ketones is 1. The molecule has 40 heavy (non-hydrogen) atoms. The van der Waals surface area contributed by atoms with Crippen LogP contribution in [0.25, 0.3) is 0 Å². The Hall–Kier alpha value is -3.19. The third-order valence-electron chi connectivity index (χ3n) is 10.0. The van der Waals surface area contributed by atoms with E-state index in [1.165, 1.54) is 0 Å². The van der Waals surface area contributed by atoms with Crippen LogP contribution in [0.15, 0.2) is 45.9 Å². The molecule has 2 aliphatic heterocycles. The van der Waals surface area contributed by atoms with Gasteiger partial charge < -0.3 is 15.6 Å². The molecule has 2 fully saturated rings. The highest BCUT2D eigenvalue weighted by molar-refractivity contribution is 6.00. The van der Waals surface area contributed by atoms with Gasteiger partial charge in [0.25, 0.3) is 0 Å². The number of ether oxygens (including phenoxy) is 1. The number of carbonyl (C=O) groups is 3. The van der Waals surface area contributed by atoms with Crippen LogP contribution in [0, 0.1) is 36.5 Å². The van der Waals surface area contributed by atoms with Crippen LogP contribution in [0.1, 0.15) is 73.9 Å². The van der Waals surface area contributed by atoms with Crippen molar-refractivity contribution < 1.29 is 24.2 Å². The van der Waals surface area contributed by atoms with E-state index in [0.29, 0.717) is 46.9 Å². The number of likely N-dealkylation sites (tertiary alicyclic amines) is 1. The SMILES string of the molecule is CC1=C(C(N)=O)C2=C(C3CC3)OC3=C(C=O)C(Cc4c(C(=O)CN5CCC(C)CC5)ccc(O)c4C)CC(C1)C32. The molecule has 7 heteroatoms. The lowest BCUT2D eigenvalue weighted by atomic mass is 9.63. The van der Waals surface area contributed by atoms with Crippen LogP contribution in [-0.4, -0.2) is 47.6 Å². The molecule has 1 aromatic carbocycles. The molecule has 2 heterocycles. The van der Waals surface area contributed by atoms with Crippen molar-refractivity contribution in [1.82, 2.24) is 4.90 Å². The molecule has 0 spiro atoms. The van der Waals surface area contributed by atoms with E-state index in [-0.39, 0.29) is 35.2 Å². The topological polar surface area (TPSA) is 110 Å². The molecule has 1 aromatic rings. The summed E-state index contributed by atoms with van der Waals surface area (Å²) in [6.07, 6.45) is 7.06. The Bertz CT molecular complexity index is 1370. The van der Waals surface area contributed by atoms with Crippen LogP contribution in [0.5, 0.6) is 5.75 Å². The third-order valence-corrected chi connectivity index (χ3v) is 10.0. The first kappa shape index (κ1) is 27.0. The van der Waals surface area contributed by atoms with Gasteiger partial charge in [-0.15, -0.1) is 0 Å². The van der Waals surface area contributed by atoms with Gasteiger partial charge in [-0.25, -0.2) is 0 Å². The number of Topliss-reactive ketones (excluding diaryl/α,β-unsaturated/α-hetero) is 1. The van der Waals surface area contributed by atoms with E-state index < -0.39 is 5.91 Å². The molecule has 0 radical (unpaired) electrons. The first-order valence-electron chi connectivity index (χ1n) is 14.9. The minimum atomic E-state index is -0.426. The number of carbonyl (C=O) groups excluding carboxylic acids is 3. The fourth-order valence-electron chi connectivity index (χ4n) is 7.61. The van der Waals surface area contributed by atoms with Gasteiger partial charge in [0.1, 0.15) is 23.6 Å². The number of aldehydes is 1. The van der Waals surface area contributed by atoms with Gasteiger partial charge in [0.15, 0.2) is 5.78 Å². The Morgan fingerprint density at radius 1 is 1.12 bits per heavy atom. The predicted octanol–water partition coefficient (Wildman–Crippen LogP) is 4.76. The van der Waals surface area contributed by atoms with Crippen molar-refractivity contribution in [3.05, 3.63) is 62.6 Å². The van der Waals surface area contributed by atoms with Crippen LogP contribution in [0.2, 0.25) is 0 Å².